The van der Waals surface area contributed by atoms with E-state index in [4.69, 9.17) is 0 Å². The fourth-order valence-corrected chi connectivity index (χ4v) is 1.22. The van der Waals surface area contributed by atoms with E-state index in [2.05, 4.69) is 10.1 Å². The number of hydrogen-bond donors (Lipinski definition) is 1. The van der Waals surface area contributed by atoms with E-state index < -0.39 is 24.7 Å². The Balaban J connectivity index is 2.60. The number of rotatable bonds is 4. The number of benzene rings is 1. The summed E-state index contributed by atoms with van der Waals surface area (Å²) in [6.45, 7) is 0. The smallest absolute Gasteiger partial charge is 0.361 e. The molecule has 0 aromatic heterocycles. The first-order chi connectivity index (χ1) is 7.92. The Labute approximate surface area is 96.6 Å². The van der Waals surface area contributed by atoms with Crippen molar-refractivity contribution in [3.05, 3.63) is 35.9 Å². The highest BCUT2D eigenvalue weighted by molar-refractivity contribution is 5.94. The molecular formula is C11H12F3NO2. The summed E-state index contributed by atoms with van der Waals surface area (Å²) in [5.41, 5.74) is 0.289. The SMILES string of the molecule is CO[C@@H](CC(F)(F)F)NC(=O)c1ccccc1. The summed E-state index contributed by atoms with van der Waals surface area (Å²) in [5, 5.41) is 2.16. The van der Waals surface area contributed by atoms with E-state index in [1.54, 1.807) is 18.2 Å². The molecule has 0 bridgehead atoms. The average Bonchev–Trinajstić information content (AvgIpc) is 2.27. The van der Waals surface area contributed by atoms with Gasteiger partial charge in [0.25, 0.3) is 5.91 Å². The third kappa shape index (κ3) is 4.86. The number of hydrogen-bond acceptors (Lipinski definition) is 2. The molecule has 1 rings (SSSR count). The molecule has 1 aromatic rings. The maximum atomic E-state index is 12.1. The van der Waals surface area contributed by atoms with Crippen molar-refractivity contribution in [3.8, 4) is 0 Å². The second-order valence-electron chi connectivity index (χ2n) is 3.38. The molecule has 0 radical (unpaired) electrons. The van der Waals surface area contributed by atoms with E-state index in [-0.39, 0.29) is 5.56 Å². The number of halogens is 3. The minimum Gasteiger partial charge on any atom is -0.361 e. The van der Waals surface area contributed by atoms with Gasteiger partial charge in [-0.25, -0.2) is 0 Å². The number of carbonyl (C=O) groups is 1. The summed E-state index contributed by atoms with van der Waals surface area (Å²) in [7, 11) is 1.11. The fraction of sp³-hybridized carbons (Fsp3) is 0.364. The van der Waals surface area contributed by atoms with Crippen molar-refractivity contribution in [1.29, 1.82) is 0 Å². The zero-order valence-corrected chi connectivity index (χ0v) is 9.12. The summed E-state index contributed by atoms with van der Waals surface area (Å²) in [5.74, 6) is -0.596. The van der Waals surface area contributed by atoms with Gasteiger partial charge in [0.05, 0.1) is 6.42 Å². The summed E-state index contributed by atoms with van der Waals surface area (Å²) in [4.78, 5) is 11.5. The van der Waals surface area contributed by atoms with Crippen LogP contribution in [0.1, 0.15) is 16.8 Å². The molecule has 0 aliphatic carbocycles. The Kier molecular flexibility index (Phi) is 4.51. The fourth-order valence-electron chi connectivity index (χ4n) is 1.22. The highest BCUT2D eigenvalue weighted by Crippen LogP contribution is 2.21. The van der Waals surface area contributed by atoms with E-state index in [0.717, 1.165) is 7.11 Å². The van der Waals surface area contributed by atoms with Crippen molar-refractivity contribution in [2.45, 2.75) is 18.8 Å². The highest BCUT2D eigenvalue weighted by atomic mass is 19.4. The molecule has 1 atom stereocenters. The van der Waals surface area contributed by atoms with Crippen molar-refractivity contribution < 1.29 is 22.7 Å². The van der Waals surface area contributed by atoms with E-state index >= 15 is 0 Å². The summed E-state index contributed by atoms with van der Waals surface area (Å²) in [6, 6.07) is 7.98. The van der Waals surface area contributed by atoms with Gasteiger partial charge in [-0.05, 0) is 12.1 Å². The molecule has 94 valence electrons. The Hall–Kier alpha value is -1.56. The van der Waals surface area contributed by atoms with Gasteiger partial charge in [-0.15, -0.1) is 0 Å². The van der Waals surface area contributed by atoms with Gasteiger partial charge in [0.2, 0.25) is 0 Å². The maximum Gasteiger partial charge on any atom is 0.393 e. The van der Waals surface area contributed by atoms with Crippen molar-refractivity contribution in [1.82, 2.24) is 5.32 Å². The molecule has 6 heteroatoms. The van der Waals surface area contributed by atoms with Crippen molar-refractivity contribution in [3.63, 3.8) is 0 Å². The minimum absolute atomic E-state index is 0.289. The van der Waals surface area contributed by atoms with Crippen LogP contribution in [0.4, 0.5) is 13.2 Å². The Morgan fingerprint density at radius 2 is 1.94 bits per heavy atom. The van der Waals surface area contributed by atoms with Gasteiger partial charge in [-0.3, -0.25) is 4.79 Å². The third-order valence-corrected chi connectivity index (χ3v) is 2.03. The number of amides is 1. The molecule has 0 fully saturated rings. The topological polar surface area (TPSA) is 38.3 Å². The molecule has 1 amide bonds. The van der Waals surface area contributed by atoms with Gasteiger partial charge in [0.15, 0.2) is 0 Å². The minimum atomic E-state index is -4.38. The van der Waals surface area contributed by atoms with Crippen LogP contribution in [0.5, 0.6) is 0 Å². The first-order valence-corrected chi connectivity index (χ1v) is 4.88. The van der Waals surface area contributed by atoms with Crippen LogP contribution in [0.3, 0.4) is 0 Å². The number of nitrogens with one attached hydrogen (secondary N) is 1. The van der Waals surface area contributed by atoms with Crippen molar-refractivity contribution >= 4 is 5.91 Å². The molecule has 0 unspecified atom stereocenters. The molecule has 1 aromatic carbocycles. The van der Waals surface area contributed by atoms with E-state index in [1.807, 2.05) is 0 Å². The number of carbonyl (C=O) groups excluding carboxylic acids is 1. The molecule has 1 N–H and O–H groups in total. The highest BCUT2D eigenvalue weighted by Gasteiger charge is 2.32. The molecular weight excluding hydrogens is 235 g/mol. The maximum absolute atomic E-state index is 12.1. The average molecular weight is 247 g/mol. The molecule has 0 aliphatic rings. The van der Waals surface area contributed by atoms with E-state index in [1.165, 1.54) is 12.1 Å². The first-order valence-electron chi connectivity index (χ1n) is 4.88. The van der Waals surface area contributed by atoms with Gasteiger partial charge in [0.1, 0.15) is 6.23 Å². The molecule has 0 aliphatic heterocycles. The Bertz CT molecular complexity index is 365. The predicted molar refractivity (Wildman–Crippen MR) is 55.4 cm³/mol. The molecule has 3 nitrogen and oxygen atoms in total. The Morgan fingerprint density at radius 1 is 1.35 bits per heavy atom. The second-order valence-corrected chi connectivity index (χ2v) is 3.38. The number of ether oxygens (including phenoxy) is 1. The van der Waals surface area contributed by atoms with Gasteiger partial charge < -0.3 is 10.1 Å². The standard InChI is InChI=1S/C11H12F3NO2/c1-17-9(7-11(12,13)14)15-10(16)8-5-3-2-4-6-8/h2-6,9H,7H2,1H3,(H,15,16)/t9-/m0/s1. The van der Waals surface area contributed by atoms with Crippen molar-refractivity contribution in [2.75, 3.05) is 7.11 Å². The van der Waals surface area contributed by atoms with Crippen molar-refractivity contribution in [2.24, 2.45) is 0 Å². The van der Waals surface area contributed by atoms with Crippen LogP contribution in [0.2, 0.25) is 0 Å². The van der Waals surface area contributed by atoms with Gasteiger partial charge in [-0.2, -0.15) is 13.2 Å². The Morgan fingerprint density at radius 3 is 2.41 bits per heavy atom. The normalized spacial score (nSPS) is 13.2. The van der Waals surface area contributed by atoms with Gasteiger partial charge in [0, 0.05) is 12.7 Å². The summed E-state index contributed by atoms with van der Waals surface area (Å²) < 4.78 is 40.9. The number of alkyl halides is 3. The van der Waals surface area contributed by atoms with E-state index in [0.29, 0.717) is 0 Å². The number of methoxy groups -OCH3 is 1. The molecule has 0 heterocycles. The second kappa shape index (κ2) is 5.67. The van der Waals surface area contributed by atoms with E-state index in [9.17, 15) is 18.0 Å². The monoisotopic (exact) mass is 247 g/mol. The molecule has 0 spiro atoms. The summed E-state index contributed by atoms with van der Waals surface area (Å²) in [6.07, 6.45) is -6.98. The zero-order chi connectivity index (χ0) is 12.9. The lowest BCUT2D eigenvalue weighted by Crippen LogP contribution is -2.39. The van der Waals surface area contributed by atoms with Crippen LogP contribution in [-0.4, -0.2) is 25.4 Å². The predicted octanol–water partition coefficient (Wildman–Crippen LogP) is 2.34. The quantitative estimate of drug-likeness (QED) is 0.829. The third-order valence-electron chi connectivity index (χ3n) is 2.03. The molecule has 0 saturated heterocycles. The molecule has 0 saturated carbocycles. The molecule has 17 heavy (non-hydrogen) atoms. The van der Waals surface area contributed by atoms with Gasteiger partial charge in [-0.1, -0.05) is 18.2 Å². The van der Waals surface area contributed by atoms with Crippen LogP contribution >= 0.6 is 0 Å². The van der Waals surface area contributed by atoms with Crippen LogP contribution in [0.15, 0.2) is 30.3 Å². The lowest BCUT2D eigenvalue weighted by Gasteiger charge is -2.18. The first kappa shape index (κ1) is 13.5. The van der Waals surface area contributed by atoms with Gasteiger partial charge >= 0.3 is 6.18 Å². The summed E-state index contributed by atoms with van der Waals surface area (Å²) >= 11 is 0. The largest absolute Gasteiger partial charge is 0.393 e. The van der Waals surface area contributed by atoms with Crippen LogP contribution in [0, 0.1) is 0 Å². The lowest BCUT2D eigenvalue weighted by atomic mass is 10.2. The van der Waals surface area contributed by atoms with Crippen LogP contribution in [-0.2, 0) is 4.74 Å². The van der Waals surface area contributed by atoms with Crippen LogP contribution in [0.25, 0.3) is 0 Å². The zero-order valence-electron chi connectivity index (χ0n) is 9.12. The lowest BCUT2D eigenvalue weighted by molar-refractivity contribution is -0.159. The van der Waals surface area contributed by atoms with Crippen LogP contribution < -0.4 is 5.32 Å².